The highest BCUT2D eigenvalue weighted by molar-refractivity contribution is 5.76. The Hall–Kier alpha value is -1.85. The molecule has 1 N–H and O–H groups in total. The second-order valence-corrected chi connectivity index (χ2v) is 12.8. The van der Waals surface area contributed by atoms with Crippen LogP contribution >= 0.6 is 0 Å². The molecule has 5 heteroatoms. The zero-order valence-corrected chi connectivity index (χ0v) is 23.0. The SMILES string of the molecule is COc1ccc([C@@]2(CCNC[C@@H]3C(=O)O[C@@H]4C[C@@]5(C)CCCC(C)=C5C[C@H]34)CCOC(C)(C)C2)cc1. The molecule has 4 aliphatic rings. The molecule has 198 valence electrons. The number of ether oxygens (including phenoxy) is 3. The van der Waals surface area contributed by atoms with Crippen LogP contribution < -0.4 is 10.1 Å². The third kappa shape index (κ3) is 4.86. The number of esters is 1. The van der Waals surface area contributed by atoms with Crippen LogP contribution in [0.5, 0.6) is 5.75 Å². The highest BCUT2D eigenvalue weighted by Crippen LogP contribution is 2.55. The molecule has 0 bridgehead atoms. The van der Waals surface area contributed by atoms with Gasteiger partial charge in [-0.05, 0) is 102 Å². The average molecular weight is 496 g/mol. The van der Waals surface area contributed by atoms with Gasteiger partial charge in [0.05, 0.1) is 18.6 Å². The Balaban J connectivity index is 1.25. The summed E-state index contributed by atoms with van der Waals surface area (Å²) in [6.45, 7) is 11.5. The lowest BCUT2D eigenvalue weighted by atomic mass is 9.59. The summed E-state index contributed by atoms with van der Waals surface area (Å²) in [6.07, 6.45) is 8.84. The van der Waals surface area contributed by atoms with Gasteiger partial charge in [0.25, 0.3) is 0 Å². The van der Waals surface area contributed by atoms with Crippen molar-refractivity contribution in [3.8, 4) is 5.75 Å². The Bertz CT molecular complexity index is 998. The fourth-order valence-corrected chi connectivity index (χ4v) is 7.96. The van der Waals surface area contributed by atoms with Crippen LogP contribution in [0.25, 0.3) is 0 Å². The monoisotopic (exact) mass is 495 g/mol. The van der Waals surface area contributed by atoms with E-state index in [0.29, 0.717) is 12.5 Å². The number of carbonyl (C=O) groups excluding carboxylic acids is 1. The molecule has 1 aromatic carbocycles. The molecule has 1 saturated carbocycles. The smallest absolute Gasteiger partial charge is 0.310 e. The Kier molecular flexibility index (Phi) is 7.01. The van der Waals surface area contributed by atoms with E-state index in [1.807, 2.05) is 0 Å². The molecule has 5 nitrogen and oxygen atoms in total. The van der Waals surface area contributed by atoms with Crippen LogP contribution in [-0.2, 0) is 19.7 Å². The summed E-state index contributed by atoms with van der Waals surface area (Å²) < 4.78 is 17.5. The highest BCUT2D eigenvalue weighted by Gasteiger charge is 2.52. The molecule has 2 saturated heterocycles. The number of hydrogen-bond donors (Lipinski definition) is 1. The first kappa shape index (κ1) is 25.8. The molecule has 1 aromatic rings. The zero-order chi connectivity index (χ0) is 25.6. The van der Waals surface area contributed by atoms with Gasteiger partial charge in [0, 0.05) is 24.5 Å². The third-order valence-electron chi connectivity index (χ3n) is 9.86. The number of rotatable bonds is 7. The number of carbonyl (C=O) groups is 1. The van der Waals surface area contributed by atoms with E-state index < -0.39 is 0 Å². The normalized spacial score (nSPS) is 35.7. The lowest BCUT2D eigenvalue weighted by molar-refractivity contribution is -0.145. The van der Waals surface area contributed by atoms with Crippen molar-refractivity contribution in [2.45, 2.75) is 96.2 Å². The van der Waals surface area contributed by atoms with Crippen molar-refractivity contribution >= 4 is 5.97 Å². The van der Waals surface area contributed by atoms with Crippen LogP contribution in [-0.4, -0.2) is 44.5 Å². The molecule has 36 heavy (non-hydrogen) atoms. The second-order valence-electron chi connectivity index (χ2n) is 12.8. The number of fused-ring (bicyclic) bond motifs is 2. The van der Waals surface area contributed by atoms with Crippen LogP contribution in [0.4, 0.5) is 0 Å². The largest absolute Gasteiger partial charge is 0.497 e. The molecule has 3 fully saturated rings. The van der Waals surface area contributed by atoms with Gasteiger partial charge in [-0.2, -0.15) is 0 Å². The molecule has 0 radical (unpaired) electrons. The fourth-order valence-electron chi connectivity index (χ4n) is 7.96. The fraction of sp³-hybridized carbons (Fsp3) is 0.710. The van der Waals surface area contributed by atoms with Gasteiger partial charge >= 0.3 is 5.97 Å². The minimum Gasteiger partial charge on any atom is -0.497 e. The van der Waals surface area contributed by atoms with E-state index in [-0.39, 0.29) is 34.4 Å². The summed E-state index contributed by atoms with van der Waals surface area (Å²) in [6, 6.07) is 8.58. The molecule has 0 aromatic heterocycles. The van der Waals surface area contributed by atoms with Crippen molar-refractivity contribution in [2.75, 3.05) is 26.8 Å². The maximum atomic E-state index is 13.0. The Morgan fingerprint density at radius 3 is 2.64 bits per heavy atom. The van der Waals surface area contributed by atoms with Crippen LogP contribution in [0.3, 0.4) is 0 Å². The van der Waals surface area contributed by atoms with E-state index >= 15 is 0 Å². The van der Waals surface area contributed by atoms with Gasteiger partial charge in [0.1, 0.15) is 11.9 Å². The quantitative estimate of drug-likeness (QED) is 0.287. The van der Waals surface area contributed by atoms with Gasteiger partial charge in [0.15, 0.2) is 0 Å². The standard InChI is InChI=1S/C31H45NO4/c1-21-7-6-12-30(4)18-27-24(17-26(21)30)25(28(33)36-27)19-32-15-13-31(14-16-35-29(2,3)20-31)22-8-10-23(34-5)11-9-22/h8-11,24-25,27,32H,6-7,12-20H2,1-5H3/t24-,25+,27-,30-,31+/m1/s1. The zero-order valence-electron chi connectivity index (χ0n) is 23.0. The molecule has 0 spiro atoms. The average Bonchev–Trinajstić information content (AvgIpc) is 3.13. The predicted octanol–water partition coefficient (Wildman–Crippen LogP) is 5.96. The predicted molar refractivity (Wildman–Crippen MR) is 142 cm³/mol. The first-order valence-electron chi connectivity index (χ1n) is 14.0. The molecule has 5 atom stereocenters. The van der Waals surface area contributed by atoms with E-state index in [0.717, 1.165) is 51.0 Å². The van der Waals surface area contributed by atoms with Crippen LogP contribution in [0, 0.1) is 17.3 Å². The number of nitrogens with one attached hydrogen (secondary N) is 1. The van der Waals surface area contributed by atoms with E-state index in [1.54, 1.807) is 18.3 Å². The van der Waals surface area contributed by atoms with Crippen molar-refractivity contribution in [1.29, 1.82) is 0 Å². The Morgan fingerprint density at radius 2 is 1.92 bits per heavy atom. The van der Waals surface area contributed by atoms with Gasteiger partial charge in [-0.15, -0.1) is 0 Å². The van der Waals surface area contributed by atoms with Crippen molar-refractivity contribution in [3.63, 3.8) is 0 Å². The number of allylic oxidation sites excluding steroid dienone is 2. The van der Waals surface area contributed by atoms with Crippen LogP contribution in [0.2, 0.25) is 0 Å². The molecular weight excluding hydrogens is 450 g/mol. The van der Waals surface area contributed by atoms with E-state index in [9.17, 15) is 4.79 Å². The number of methoxy groups -OCH3 is 1. The van der Waals surface area contributed by atoms with Crippen molar-refractivity contribution < 1.29 is 19.0 Å². The molecule has 5 rings (SSSR count). The number of benzene rings is 1. The van der Waals surface area contributed by atoms with Crippen molar-refractivity contribution in [2.24, 2.45) is 17.3 Å². The van der Waals surface area contributed by atoms with E-state index in [4.69, 9.17) is 14.2 Å². The number of hydrogen-bond acceptors (Lipinski definition) is 5. The summed E-state index contributed by atoms with van der Waals surface area (Å²) in [5.74, 6) is 1.18. The maximum absolute atomic E-state index is 13.0. The first-order chi connectivity index (χ1) is 17.1. The second kappa shape index (κ2) is 9.79. The van der Waals surface area contributed by atoms with Crippen LogP contribution in [0.15, 0.2) is 35.4 Å². The third-order valence-corrected chi connectivity index (χ3v) is 9.86. The molecular formula is C31H45NO4. The Morgan fingerprint density at radius 1 is 1.14 bits per heavy atom. The van der Waals surface area contributed by atoms with Gasteiger partial charge in [-0.1, -0.05) is 30.2 Å². The summed E-state index contributed by atoms with van der Waals surface area (Å²) in [5, 5.41) is 3.69. The van der Waals surface area contributed by atoms with Crippen molar-refractivity contribution in [1.82, 2.24) is 5.32 Å². The topological polar surface area (TPSA) is 56.8 Å². The van der Waals surface area contributed by atoms with Crippen molar-refractivity contribution in [3.05, 3.63) is 41.0 Å². The minimum atomic E-state index is -0.152. The minimum absolute atomic E-state index is 0.00932. The highest BCUT2D eigenvalue weighted by atomic mass is 16.6. The summed E-state index contributed by atoms with van der Waals surface area (Å²) >= 11 is 0. The summed E-state index contributed by atoms with van der Waals surface area (Å²) in [5.41, 5.74) is 4.68. The molecule has 2 aliphatic carbocycles. The molecule has 0 amide bonds. The first-order valence-corrected chi connectivity index (χ1v) is 14.0. The van der Waals surface area contributed by atoms with Gasteiger partial charge in [-0.25, -0.2) is 0 Å². The maximum Gasteiger partial charge on any atom is 0.310 e. The van der Waals surface area contributed by atoms with E-state index in [2.05, 4.69) is 57.3 Å². The Labute approximate surface area is 217 Å². The van der Waals surface area contributed by atoms with E-state index in [1.165, 1.54) is 24.8 Å². The van der Waals surface area contributed by atoms with Gasteiger partial charge < -0.3 is 19.5 Å². The lowest BCUT2D eigenvalue weighted by Gasteiger charge is -2.46. The summed E-state index contributed by atoms with van der Waals surface area (Å²) in [4.78, 5) is 13.0. The molecule has 2 heterocycles. The lowest BCUT2D eigenvalue weighted by Crippen LogP contribution is -2.46. The molecule has 0 unspecified atom stereocenters. The van der Waals surface area contributed by atoms with Gasteiger partial charge in [-0.3, -0.25) is 4.79 Å². The summed E-state index contributed by atoms with van der Waals surface area (Å²) in [7, 11) is 1.71. The van der Waals surface area contributed by atoms with Crippen LogP contribution in [0.1, 0.15) is 84.6 Å². The molecule has 2 aliphatic heterocycles. The van der Waals surface area contributed by atoms with Gasteiger partial charge in [0.2, 0.25) is 0 Å².